The Morgan fingerprint density at radius 1 is 1.04 bits per heavy atom. The van der Waals surface area contributed by atoms with E-state index >= 15 is 0 Å². The second-order valence-electron chi connectivity index (χ2n) is 6.01. The van der Waals surface area contributed by atoms with Gasteiger partial charge in [0.1, 0.15) is 0 Å². The first-order chi connectivity index (χ1) is 11.6. The molecule has 0 fully saturated rings. The smallest absolute Gasteiger partial charge is 0.347 e. The molecule has 0 aliphatic carbocycles. The van der Waals surface area contributed by atoms with E-state index in [0.29, 0.717) is 12.4 Å². The lowest BCUT2D eigenvalue weighted by Crippen LogP contribution is -2.39. The molecule has 0 aromatic carbocycles. The van der Waals surface area contributed by atoms with E-state index in [1.807, 2.05) is 0 Å². The fourth-order valence-electron chi connectivity index (χ4n) is 2.37. The van der Waals surface area contributed by atoms with Crippen molar-refractivity contribution in [3.05, 3.63) is 24.5 Å². The summed E-state index contributed by atoms with van der Waals surface area (Å²) in [6.07, 6.45) is 9.76. The molecule has 144 valence electrons. The van der Waals surface area contributed by atoms with Gasteiger partial charge in [0.05, 0.1) is 6.61 Å². The minimum Gasteiger partial charge on any atom is -0.487 e. The van der Waals surface area contributed by atoms with E-state index < -0.39 is 27.1 Å². The average molecular weight is 396 g/mol. The minimum absolute atomic E-state index is 0.492. The summed E-state index contributed by atoms with van der Waals surface area (Å²) in [6.45, 7) is 2.19. The Hall–Kier alpha value is -0.750. The van der Waals surface area contributed by atoms with Gasteiger partial charge in [-0.15, -0.1) is 0 Å². The molecule has 0 aliphatic rings. The highest BCUT2D eigenvalue weighted by molar-refractivity contribution is 7.70. The van der Waals surface area contributed by atoms with Crippen LogP contribution in [0.3, 0.4) is 0 Å². The lowest BCUT2D eigenvalue weighted by Gasteiger charge is -2.16. The van der Waals surface area contributed by atoms with Crippen LogP contribution in [0.15, 0.2) is 24.5 Å². The zero-order valence-corrected chi connectivity index (χ0v) is 16.2. The highest BCUT2D eigenvalue weighted by atomic mass is 31.2. The second kappa shape index (κ2) is 10.4. The van der Waals surface area contributed by atoms with Gasteiger partial charge in [0.15, 0.2) is 18.5 Å². The van der Waals surface area contributed by atoms with Gasteiger partial charge in [-0.2, -0.15) is 0 Å². The zero-order chi connectivity index (χ0) is 18.9. The van der Waals surface area contributed by atoms with Crippen LogP contribution in [0.1, 0.15) is 45.4 Å². The fraction of sp³-hybridized carbons (Fsp3) is 0.667. The van der Waals surface area contributed by atoms with Gasteiger partial charge in [0.2, 0.25) is 11.6 Å². The van der Waals surface area contributed by atoms with E-state index in [4.69, 9.17) is 4.74 Å². The SMILES string of the molecule is CCCCCCCCOc1ccc[n+](CC(P(=O)(O)O)P(=O)(O)O)c1. The van der Waals surface area contributed by atoms with Gasteiger partial charge >= 0.3 is 15.2 Å². The Labute approximate surface area is 148 Å². The van der Waals surface area contributed by atoms with Gasteiger partial charge in [0.25, 0.3) is 0 Å². The summed E-state index contributed by atoms with van der Waals surface area (Å²) >= 11 is 0. The molecule has 0 amide bonds. The molecular formula is C15H28NO7P2+. The van der Waals surface area contributed by atoms with Crippen LogP contribution in [-0.2, 0) is 15.7 Å². The second-order valence-corrected chi connectivity index (χ2v) is 10.0. The van der Waals surface area contributed by atoms with Crippen molar-refractivity contribution in [2.24, 2.45) is 0 Å². The molecule has 0 bridgehead atoms. The number of rotatable bonds is 12. The van der Waals surface area contributed by atoms with Crippen molar-refractivity contribution in [2.45, 2.75) is 57.4 Å². The van der Waals surface area contributed by atoms with Crippen molar-refractivity contribution in [1.82, 2.24) is 0 Å². The number of pyridine rings is 1. The number of unbranched alkanes of at least 4 members (excludes halogenated alkanes) is 5. The monoisotopic (exact) mass is 396 g/mol. The average Bonchev–Trinajstić information content (AvgIpc) is 2.50. The summed E-state index contributed by atoms with van der Waals surface area (Å²) in [4.78, 5) is 36.7. The number of ether oxygens (including phenoxy) is 1. The minimum atomic E-state index is -4.94. The zero-order valence-electron chi connectivity index (χ0n) is 14.4. The Balaban J connectivity index is 2.57. The molecule has 0 saturated carbocycles. The molecule has 0 aliphatic heterocycles. The van der Waals surface area contributed by atoms with Gasteiger partial charge in [-0.1, -0.05) is 39.0 Å². The number of aromatic nitrogens is 1. The maximum Gasteiger partial charge on any atom is 0.347 e. The summed E-state index contributed by atoms with van der Waals surface area (Å²) in [5.41, 5.74) is 0. The molecule has 25 heavy (non-hydrogen) atoms. The van der Waals surface area contributed by atoms with Crippen molar-refractivity contribution < 1.29 is 38.0 Å². The van der Waals surface area contributed by atoms with Gasteiger partial charge in [-0.3, -0.25) is 9.13 Å². The lowest BCUT2D eigenvalue weighted by molar-refractivity contribution is -0.694. The predicted octanol–water partition coefficient (Wildman–Crippen LogP) is 2.39. The molecule has 0 unspecified atom stereocenters. The van der Waals surface area contributed by atoms with Crippen LogP contribution >= 0.6 is 15.2 Å². The van der Waals surface area contributed by atoms with E-state index in [9.17, 15) is 28.7 Å². The first-order valence-electron chi connectivity index (χ1n) is 8.37. The van der Waals surface area contributed by atoms with Crippen LogP contribution in [0, 0.1) is 0 Å². The van der Waals surface area contributed by atoms with Gasteiger partial charge in [-0.25, -0.2) is 4.57 Å². The third-order valence-corrected chi connectivity index (χ3v) is 7.43. The highest BCUT2D eigenvalue weighted by Gasteiger charge is 2.46. The standard InChI is InChI=1S/C15H27NO7P2/c1-2-3-4-5-6-7-11-23-14-9-8-10-16(12-14)13-15(24(17,18)19)25(20,21)22/h8-10,12,15H,2-7,11,13H2,1H3,(H3-,17,18,19,20,21,22)/p+1. The van der Waals surface area contributed by atoms with Crippen molar-refractivity contribution in [2.75, 3.05) is 6.61 Å². The van der Waals surface area contributed by atoms with Crippen LogP contribution < -0.4 is 9.30 Å². The van der Waals surface area contributed by atoms with Gasteiger partial charge < -0.3 is 24.3 Å². The van der Waals surface area contributed by atoms with E-state index in [-0.39, 0.29) is 0 Å². The van der Waals surface area contributed by atoms with Crippen molar-refractivity contribution in [1.29, 1.82) is 0 Å². The molecule has 0 saturated heterocycles. The van der Waals surface area contributed by atoms with Crippen molar-refractivity contribution >= 4 is 15.2 Å². The number of nitrogens with zero attached hydrogens (tertiary/aromatic N) is 1. The van der Waals surface area contributed by atoms with E-state index in [1.165, 1.54) is 36.2 Å². The topological polar surface area (TPSA) is 128 Å². The maximum absolute atomic E-state index is 11.3. The van der Waals surface area contributed by atoms with Crippen LogP contribution in [0.25, 0.3) is 0 Å². The van der Waals surface area contributed by atoms with Gasteiger partial charge in [0, 0.05) is 6.07 Å². The predicted molar refractivity (Wildman–Crippen MR) is 93.4 cm³/mol. The van der Waals surface area contributed by atoms with Crippen LogP contribution in [0.2, 0.25) is 0 Å². The first kappa shape index (κ1) is 22.3. The quantitative estimate of drug-likeness (QED) is 0.243. The van der Waals surface area contributed by atoms with Crippen LogP contribution in [0.4, 0.5) is 0 Å². The Morgan fingerprint density at radius 3 is 2.24 bits per heavy atom. The van der Waals surface area contributed by atoms with Crippen LogP contribution in [0.5, 0.6) is 5.75 Å². The fourth-order valence-corrected chi connectivity index (χ4v) is 4.74. The molecule has 0 radical (unpaired) electrons. The molecule has 10 heteroatoms. The molecule has 0 atom stereocenters. The Bertz CT molecular complexity index is 592. The van der Waals surface area contributed by atoms with Crippen molar-refractivity contribution in [3.63, 3.8) is 0 Å². The third-order valence-electron chi connectivity index (χ3n) is 3.75. The molecule has 1 aromatic heterocycles. The first-order valence-corrected chi connectivity index (χ1v) is 11.7. The van der Waals surface area contributed by atoms with E-state index in [0.717, 1.165) is 19.3 Å². The molecule has 1 rings (SSSR count). The number of hydrogen-bond acceptors (Lipinski definition) is 3. The highest BCUT2D eigenvalue weighted by Crippen LogP contribution is 2.59. The molecular weight excluding hydrogens is 368 g/mol. The lowest BCUT2D eigenvalue weighted by atomic mass is 10.1. The molecule has 4 N–H and O–H groups in total. The largest absolute Gasteiger partial charge is 0.487 e. The molecule has 8 nitrogen and oxygen atoms in total. The summed E-state index contributed by atoms with van der Waals surface area (Å²) < 4.78 is 29.6. The maximum atomic E-state index is 11.3. The van der Waals surface area contributed by atoms with Crippen molar-refractivity contribution in [3.8, 4) is 5.75 Å². The number of hydrogen-bond donors (Lipinski definition) is 4. The van der Waals surface area contributed by atoms with E-state index in [2.05, 4.69) is 6.92 Å². The Kier molecular flexibility index (Phi) is 9.28. The van der Waals surface area contributed by atoms with E-state index in [1.54, 1.807) is 12.1 Å². The molecule has 1 aromatic rings. The van der Waals surface area contributed by atoms with Crippen LogP contribution in [-0.4, -0.2) is 31.6 Å². The third kappa shape index (κ3) is 8.95. The van der Waals surface area contributed by atoms with Gasteiger partial charge in [-0.05, 0) is 12.5 Å². The summed E-state index contributed by atoms with van der Waals surface area (Å²) in [5, 5.41) is -2.07. The summed E-state index contributed by atoms with van der Waals surface area (Å²) in [7, 11) is -9.88. The summed E-state index contributed by atoms with van der Waals surface area (Å²) in [6, 6.07) is 3.30. The normalized spacial score (nSPS) is 12.6. The Morgan fingerprint density at radius 2 is 1.64 bits per heavy atom. The molecule has 1 heterocycles. The molecule has 0 spiro atoms. The summed E-state index contributed by atoms with van der Waals surface area (Å²) in [5.74, 6) is 0.492.